The topological polar surface area (TPSA) is 67.0 Å². The second-order valence-electron chi connectivity index (χ2n) is 6.21. The molecule has 1 aromatic carbocycles. The van der Waals surface area contributed by atoms with Crippen LogP contribution in [0, 0.1) is 6.92 Å². The molecule has 1 aliphatic heterocycles. The fourth-order valence-corrected chi connectivity index (χ4v) is 3.20. The average Bonchev–Trinajstić information content (AvgIpc) is 2.92. The standard InChI is InChI=1S/C18H18N2O3/c1-11-10-20-9-8-13-15(17(20)19-11)23-14(16(21)18(13,2)22)12-6-4-3-5-7-12/h3-10,14,16,21-22H,1-2H3/t14-,16-,18-/m1/s1. The number of aromatic nitrogens is 2. The number of aryl methyl sites for hydroxylation is 1. The van der Waals surface area contributed by atoms with Gasteiger partial charge in [-0.05, 0) is 25.5 Å². The fraction of sp³-hybridized carbons (Fsp3) is 0.278. The molecule has 0 bridgehead atoms. The lowest BCUT2D eigenvalue weighted by molar-refractivity contribution is -0.131. The SMILES string of the molecule is Cc1cn2ccc3c(c2n1)O[C@H](c1ccccc1)[C@@H](O)[C@]3(C)O. The number of ether oxygens (including phenoxy) is 1. The smallest absolute Gasteiger partial charge is 0.180 e. The van der Waals surface area contributed by atoms with Gasteiger partial charge < -0.3 is 19.4 Å². The molecular formula is C18H18N2O3. The van der Waals surface area contributed by atoms with Crippen molar-refractivity contribution in [2.75, 3.05) is 0 Å². The van der Waals surface area contributed by atoms with Crippen LogP contribution in [0.15, 0.2) is 48.8 Å². The molecule has 4 rings (SSSR count). The van der Waals surface area contributed by atoms with E-state index in [-0.39, 0.29) is 0 Å². The van der Waals surface area contributed by atoms with E-state index in [1.807, 2.05) is 54.0 Å². The summed E-state index contributed by atoms with van der Waals surface area (Å²) >= 11 is 0. The summed E-state index contributed by atoms with van der Waals surface area (Å²) in [6.07, 6.45) is 2.00. The maximum absolute atomic E-state index is 10.9. The summed E-state index contributed by atoms with van der Waals surface area (Å²) in [5, 5.41) is 21.6. The van der Waals surface area contributed by atoms with Gasteiger partial charge in [0.05, 0.1) is 5.69 Å². The number of hydrogen-bond acceptors (Lipinski definition) is 4. The highest BCUT2D eigenvalue weighted by atomic mass is 16.5. The molecule has 1 aliphatic rings. The Balaban J connectivity index is 1.93. The van der Waals surface area contributed by atoms with Crippen LogP contribution in [0.2, 0.25) is 0 Å². The van der Waals surface area contributed by atoms with E-state index >= 15 is 0 Å². The highest BCUT2D eigenvalue weighted by Crippen LogP contribution is 2.46. The zero-order valence-electron chi connectivity index (χ0n) is 13.0. The van der Waals surface area contributed by atoms with E-state index in [1.165, 1.54) is 0 Å². The van der Waals surface area contributed by atoms with Crippen molar-refractivity contribution < 1.29 is 14.9 Å². The monoisotopic (exact) mass is 310 g/mol. The van der Waals surface area contributed by atoms with Gasteiger partial charge in [-0.25, -0.2) is 4.98 Å². The molecule has 2 aromatic heterocycles. The van der Waals surface area contributed by atoms with Gasteiger partial charge in [0.25, 0.3) is 0 Å². The van der Waals surface area contributed by atoms with Crippen LogP contribution in [-0.4, -0.2) is 25.7 Å². The number of aliphatic hydroxyl groups excluding tert-OH is 1. The molecule has 0 fully saturated rings. The van der Waals surface area contributed by atoms with Gasteiger partial charge in [0.1, 0.15) is 11.7 Å². The van der Waals surface area contributed by atoms with E-state index in [2.05, 4.69) is 4.98 Å². The van der Waals surface area contributed by atoms with Crippen LogP contribution in [-0.2, 0) is 5.60 Å². The number of benzene rings is 1. The average molecular weight is 310 g/mol. The van der Waals surface area contributed by atoms with E-state index in [4.69, 9.17) is 4.74 Å². The second-order valence-corrected chi connectivity index (χ2v) is 6.21. The maximum Gasteiger partial charge on any atom is 0.180 e. The summed E-state index contributed by atoms with van der Waals surface area (Å²) in [5.41, 5.74) is 1.46. The zero-order chi connectivity index (χ0) is 16.2. The van der Waals surface area contributed by atoms with Crippen LogP contribution in [0.1, 0.15) is 29.8 Å². The Labute approximate surface area is 133 Å². The van der Waals surface area contributed by atoms with Crippen molar-refractivity contribution in [2.45, 2.75) is 31.7 Å². The lowest BCUT2D eigenvalue weighted by Crippen LogP contribution is -2.46. The van der Waals surface area contributed by atoms with Crippen LogP contribution in [0.25, 0.3) is 5.65 Å². The quantitative estimate of drug-likeness (QED) is 0.724. The number of nitrogens with zero attached hydrogens (tertiary/aromatic N) is 2. The Morgan fingerprint density at radius 3 is 2.70 bits per heavy atom. The molecule has 0 saturated carbocycles. The summed E-state index contributed by atoms with van der Waals surface area (Å²) in [6, 6.07) is 11.2. The van der Waals surface area contributed by atoms with E-state index in [0.717, 1.165) is 11.3 Å². The molecule has 23 heavy (non-hydrogen) atoms. The van der Waals surface area contributed by atoms with E-state index in [0.29, 0.717) is 17.0 Å². The second kappa shape index (κ2) is 4.81. The molecule has 0 unspecified atom stereocenters. The summed E-state index contributed by atoms with van der Waals surface area (Å²) < 4.78 is 7.96. The van der Waals surface area contributed by atoms with E-state index < -0.39 is 17.8 Å². The van der Waals surface area contributed by atoms with Gasteiger partial charge in [-0.15, -0.1) is 0 Å². The first kappa shape index (κ1) is 14.2. The number of hydrogen-bond donors (Lipinski definition) is 2. The third kappa shape index (κ3) is 2.04. The van der Waals surface area contributed by atoms with Crippen LogP contribution in [0.5, 0.6) is 5.75 Å². The summed E-state index contributed by atoms with van der Waals surface area (Å²) in [7, 11) is 0. The first-order valence-corrected chi connectivity index (χ1v) is 7.59. The minimum atomic E-state index is -1.42. The van der Waals surface area contributed by atoms with Gasteiger partial charge >= 0.3 is 0 Å². The Morgan fingerprint density at radius 1 is 1.22 bits per heavy atom. The third-order valence-electron chi connectivity index (χ3n) is 4.48. The van der Waals surface area contributed by atoms with Gasteiger partial charge in [-0.3, -0.25) is 0 Å². The van der Waals surface area contributed by atoms with Crippen molar-refractivity contribution >= 4 is 5.65 Å². The van der Waals surface area contributed by atoms with E-state index in [1.54, 1.807) is 13.0 Å². The van der Waals surface area contributed by atoms with Gasteiger partial charge in [-0.2, -0.15) is 0 Å². The van der Waals surface area contributed by atoms with Crippen LogP contribution in [0.3, 0.4) is 0 Å². The van der Waals surface area contributed by atoms with Crippen molar-refractivity contribution in [3.8, 4) is 5.75 Å². The molecule has 0 amide bonds. The molecule has 0 saturated heterocycles. The molecule has 0 spiro atoms. The Hall–Kier alpha value is -2.37. The largest absolute Gasteiger partial charge is 0.479 e. The molecule has 0 aliphatic carbocycles. The Morgan fingerprint density at radius 2 is 1.96 bits per heavy atom. The molecule has 118 valence electrons. The van der Waals surface area contributed by atoms with Crippen LogP contribution < -0.4 is 4.74 Å². The van der Waals surface area contributed by atoms with Gasteiger partial charge in [0.15, 0.2) is 17.5 Å². The predicted octanol–water partition coefficient (Wildman–Crippen LogP) is 2.34. The highest BCUT2D eigenvalue weighted by Gasteiger charge is 2.46. The third-order valence-corrected chi connectivity index (χ3v) is 4.48. The molecule has 3 atom stereocenters. The van der Waals surface area contributed by atoms with Gasteiger partial charge in [0, 0.05) is 18.0 Å². The molecule has 0 radical (unpaired) electrons. The van der Waals surface area contributed by atoms with Crippen molar-refractivity contribution in [3.63, 3.8) is 0 Å². The predicted molar refractivity (Wildman–Crippen MR) is 85.3 cm³/mol. The van der Waals surface area contributed by atoms with Crippen LogP contribution in [0.4, 0.5) is 0 Å². The number of aliphatic hydroxyl groups is 2. The van der Waals surface area contributed by atoms with Crippen LogP contribution >= 0.6 is 0 Å². The van der Waals surface area contributed by atoms with Gasteiger partial charge in [0.2, 0.25) is 0 Å². The molecule has 5 nitrogen and oxygen atoms in total. The normalized spacial score (nSPS) is 26.8. The summed E-state index contributed by atoms with van der Waals surface area (Å²) in [5.74, 6) is 0.518. The molecular weight excluding hydrogens is 292 g/mol. The lowest BCUT2D eigenvalue weighted by atomic mass is 9.82. The first-order valence-electron chi connectivity index (χ1n) is 7.59. The van der Waals surface area contributed by atoms with Crippen molar-refractivity contribution in [3.05, 3.63) is 65.6 Å². The van der Waals surface area contributed by atoms with Crippen molar-refractivity contribution in [1.82, 2.24) is 9.38 Å². The minimum Gasteiger partial charge on any atom is -0.479 e. The highest BCUT2D eigenvalue weighted by molar-refractivity contribution is 5.61. The minimum absolute atomic E-state index is 0.518. The molecule has 3 heterocycles. The molecule has 3 aromatic rings. The van der Waals surface area contributed by atoms with E-state index in [9.17, 15) is 10.2 Å². The van der Waals surface area contributed by atoms with Gasteiger partial charge in [-0.1, -0.05) is 30.3 Å². The van der Waals surface area contributed by atoms with Crippen molar-refractivity contribution in [1.29, 1.82) is 0 Å². The first-order chi connectivity index (χ1) is 11.0. The number of fused-ring (bicyclic) bond motifs is 3. The lowest BCUT2D eigenvalue weighted by Gasteiger charge is -2.41. The maximum atomic E-state index is 10.9. The fourth-order valence-electron chi connectivity index (χ4n) is 3.20. The molecule has 5 heteroatoms. The Kier molecular flexibility index (Phi) is 2.98. The number of pyridine rings is 1. The Bertz CT molecular complexity index is 871. The number of rotatable bonds is 1. The summed E-state index contributed by atoms with van der Waals surface area (Å²) in [6.45, 7) is 3.52. The number of imidazole rings is 1. The summed E-state index contributed by atoms with van der Waals surface area (Å²) in [4.78, 5) is 4.49. The molecule has 2 N–H and O–H groups in total. The van der Waals surface area contributed by atoms with Crippen molar-refractivity contribution in [2.24, 2.45) is 0 Å². The zero-order valence-corrected chi connectivity index (χ0v) is 13.0.